The Morgan fingerprint density at radius 3 is 2.35 bits per heavy atom. The molecule has 1 aliphatic rings. The summed E-state index contributed by atoms with van der Waals surface area (Å²) in [7, 11) is 0. The maximum Gasteiger partial charge on any atom is 0.301 e. The second-order valence-electron chi connectivity index (χ2n) is 8.40. The third kappa shape index (κ3) is 5.18. The van der Waals surface area contributed by atoms with Gasteiger partial charge < -0.3 is 5.11 Å². The minimum atomic E-state index is -0.846. The van der Waals surface area contributed by atoms with Gasteiger partial charge in [-0.05, 0) is 47.4 Å². The highest BCUT2D eigenvalue weighted by Gasteiger charge is 2.48. The minimum absolute atomic E-state index is 0.00487. The van der Waals surface area contributed by atoms with Crippen molar-refractivity contribution in [2.45, 2.75) is 29.5 Å². The van der Waals surface area contributed by atoms with E-state index in [1.807, 2.05) is 54.6 Å². The summed E-state index contributed by atoms with van der Waals surface area (Å²) in [6.45, 7) is 2.05. The van der Waals surface area contributed by atoms with E-state index in [0.717, 1.165) is 17.5 Å². The first-order valence-electron chi connectivity index (χ1n) is 11.6. The number of amides is 1. The lowest BCUT2D eigenvalue weighted by Crippen LogP contribution is -2.29. The van der Waals surface area contributed by atoms with Gasteiger partial charge in [0.2, 0.25) is 5.13 Å². The number of nitrogens with zero attached hydrogens (tertiary/aromatic N) is 3. The van der Waals surface area contributed by atoms with E-state index < -0.39 is 17.7 Å². The molecule has 6 nitrogen and oxygen atoms in total. The number of carbonyl (C=O) groups is 2. The number of aromatic nitrogens is 2. The summed E-state index contributed by atoms with van der Waals surface area (Å²) in [5.74, 6) is -1.08. The number of carbonyl (C=O) groups excluding carboxylic acids is 2. The van der Waals surface area contributed by atoms with Crippen LogP contribution in [0.5, 0.6) is 0 Å². The minimum Gasteiger partial charge on any atom is -0.507 e. The number of thioether (sulfide) groups is 1. The van der Waals surface area contributed by atoms with Gasteiger partial charge in [0.1, 0.15) is 5.76 Å². The molecule has 186 valence electrons. The quantitative estimate of drug-likeness (QED) is 0.0914. The van der Waals surface area contributed by atoms with Crippen molar-refractivity contribution >= 4 is 57.3 Å². The van der Waals surface area contributed by atoms with Gasteiger partial charge in [-0.2, -0.15) is 0 Å². The molecule has 2 heterocycles. The molecule has 1 atom stereocenters. The smallest absolute Gasteiger partial charge is 0.301 e. The molecule has 3 aromatic carbocycles. The van der Waals surface area contributed by atoms with Crippen molar-refractivity contribution in [3.63, 3.8) is 0 Å². The van der Waals surface area contributed by atoms with Crippen LogP contribution >= 0.6 is 34.7 Å². The second kappa shape index (κ2) is 10.9. The fourth-order valence-corrected chi connectivity index (χ4v) is 6.07. The van der Waals surface area contributed by atoms with E-state index in [2.05, 4.69) is 17.1 Å². The van der Waals surface area contributed by atoms with Crippen LogP contribution in [0.2, 0.25) is 5.02 Å². The Morgan fingerprint density at radius 2 is 1.68 bits per heavy atom. The maximum atomic E-state index is 13.3. The lowest BCUT2D eigenvalue weighted by atomic mass is 9.94. The number of aliphatic hydroxyl groups is 1. The molecule has 0 radical (unpaired) electrons. The van der Waals surface area contributed by atoms with E-state index in [-0.39, 0.29) is 11.3 Å². The Kier molecular flexibility index (Phi) is 7.41. The lowest BCUT2D eigenvalue weighted by Gasteiger charge is -2.22. The van der Waals surface area contributed by atoms with Crippen LogP contribution < -0.4 is 4.90 Å². The van der Waals surface area contributed by atoms with Gasteiger partial charge in [-0.25, -0.2) is 0 Å². The van der Waals surface area contributed by atoms with Gasteiger partial charge >= 0.3 is 5.91 Å². The fraction of sp³-hybridized carbons (Fsp3) is 0.143. The van der Waals surface area contributed by atoms with E-state index in [0.29, 0.717) is 31.4 Å². The molecule has 1 N–H and O–H groups in total. The van der Waals surface area contributed by atoms with Gasteiger partial charge in [0, 0.05) is 16.3 Å². The van der Waals surface area contributed by atoms with Crippen LogP contribution in [0.1, 0.15) is 35.2 Å². The first kappa shape index (κ1) is 25.2. The van der Waals surface area contributed by atoms with Gasteiger partial charge in [0.25, 0.3) is 5.78 Å². The van der Waals surface area contributed by atoms with Gasteiger partial charge in [0.05, 0.1) is 11.6 Å². The standard InChI is InChI=1S/C28H22ClN3O3S2/c1-2-17-8-10-19(11-9-17)23-22(24(33)20-12-14-21(29)15-13-20)25(34)26(35)32(23)27-30-31-28(37-27)36-16-18-6-4-3-5-7-18/h3-15,23,33H,2,16H2,1H3/b24-22-. The summed E-state index contributed by atoms with van der Waals surface area (Å²) in [6, 6.07) is 23.3. The molecule has 0 aliphatic carbocycles. The van der Waals surface area contributed by atoms with Gasteiger partial charge in [-0.1, -0.05) is 96.2 Å². The van der Waals surface area contributed by atoms with Gasteiger partial charge in [0.15, 0.2) is 4.34 Å². The van der Waals surface area contributed by atoms with E-state index >= 15 is 0 Å². The van der Waals surface area contributed by atoms with Crippen molar-refractivity contribution in [3.05, 3.63) is 112 Å². The van der Waals surface area contributed by atoms with Crippen molar-refractivity contribution in [2.24, 2.45) is 0 Å². The van der Waals surface area contributed by atoms with E-state index in [9.17, 15) is 14.7 Å². The molecule has 0 bridgehead atoms. The Balaban J connectivity index is 1.55. The van der Waals surface area contributed by atoms with E-state index in [1.165, 1.54) is 28.0 Å². The summed E-state index contributed by atoms with van der Waals surface area (Å²) in [5.41, 5.74) is 3.36. The Hall–Kier alpha value is -3.46. The number of halogens is 1. The zero-order chi connectivity index (χ0) is 25.9. The lowest BCUT2D eigenvalue weighted by molar-refractivity contribution is -0.132. The molecule has 37 heavy (non-hydrogen) atoms. The Labute approximate surface area is 227 Å². The fourth-order valence-electron chi connectivity index (χ4n) is 4.12. The van der Waals surface area contributed by atoms with Crippen LogP contribution in [0, 0.1) is 0 Å². The van der Waals surface area contributed by atoms with Crippen molar-refractivity contribution in [2.75, 3.05) is 4.90 Å². The number of Topliss-reactive ketones (excluding diaryl/α,β-unsaturated/α-hetero) is 1. The maximum absolute atomic E-state index is 13.3. The van der Waals surface area contributed by atoms with Crippen molar-refractivity contribution in [3.8, 4) is 0 Å². The predicted octanol–water partition coefficient (Wildman–Crippen LogP) is 6.67. The summed E-state index contributed by atoms with van der Waals surface area (Å²) in [4.78, 5) is 28.0. The number of anilines is 1. The van der Waals surface area contributed by atoms with Gasteiger partial charge in [-0.15, -0.1) is 10.2 Å². The van der Waals surface area contributed by atoms with Crippen LogP contribution in [0.3, 0.4) is 0 Å². The monoisotopic (exact) mass is 547 g/mol. The van der Waals surface area contributed by atoms with E-state index in [4.69, 9.17) is 11.6 Å². The summed E-state index contributed by atoms with van der Waals surface area (Å²) in [5, 5.41) is 20.5. The number of rotatable bonds is 7. The largest absolute Gasteiger partial charge is 0.507 e. The molecule has 9 heteroatoms. The summed E-state index contributed by atoms with van der Waals surface area (Å²) in [6.07, 6.45) is 0.851. The zero-order valence-corrected chi connectivity index (χ0v) is 22.2. The van der Waals surface area contributed by atoms with Crippen LogP contribution in [0.25, 0.3) is 5.76 Å². The summed E-state index contributed by atoms with van der Waals surface area (Å²) < 4.78 is 0.679. The van der Waals surface area contributed by atoms with Crippen LogP contribution in [0.4, 0.5) is 5.13 Å². The molecule has 5 rings (SSSR count). The Bertz CT molecular complexity index is 1470. The van der Waals surface area contributed by atoms with Crippen molar-refractivity contribution < 1.29 is 14.7 Å². The van der Waals surface area contributed by atoms with Crippen molar-refractivity contribution in [1.29, 1.82) is 0 Å². The van der Waals surface area contributed by atoms with Gasteiger partial charge in [-0.3, -0.25) is 14.5 Å². The molecule has 4 aromatic rings. The molecule has 1 aromatic heterocycles. The molecular formula is C28H22ClN3O3S2. The predicted molar refractivity (Wildman–Crippen MR) is 148 cm³/mol. The number of aryl methyl sites for hydroxylation is 1. The molecule has 0 saturated carbocycles. The van der Waals surface area contributed by atoms with Crippen LogP contribution in [-0.4, -0.2) is 27.0 Å². The number of ketones is 1. The molecule has 0 spiro atoms. The highest BCUT2D eigenvalue weighted by molar-refractivity contribution is 8.00. The first-order chi connectivity index (χ1) is 18.0. The highest BCUT2D eigenvalue weighted by Crippen LogP contribution is 2.44. The molecule has 1 aliphatic heterocycles. The van der Waals surface area contributed by atoms with Crippen LogP contribution in [-0.2, 0) is 21.8 Å². The molecule has 1 amide bonds. The average molecular weight is 548 g/mol. The SMILES string of the molecule is CCc1ccc(C2/C(=C(/O)c3ccc(Cl)cc3)C(=O)C(=O)N2c2nnc(SCc3ccccc3)s2)cc1. The van der Waals surface area contributed by atoms with E-state index in [1.54, 1.807) is 24.3 Å². The zero-order valence-electron chi connectivity index (χ0n) is 19.8. The Morgan fingerprint density at radius 1 is 0.973 bits per heavy atom. The molecular weight excluding hydrogens is 526 g/mol. The number of hydrogen-bond acceptors (Lipinski definition) is 7. The van der Waals surface area contributed by atoms with Crippen LogP contribution in [0.15, 0.2) is 88.8 Å². The third-order valence-corrected chi connectivity index (χ3v) is 8.45. The molecule has 1 fully saturated rings. The number of aliphatic hydroxyl groups excluding tert-OH is 1. The average Bonchev–Trinajstić information content (AvgIpc) is 3.50. The first-order valence-corrected chi connectivity index (χ1v) is 13.8. The highest BCUT2D eigenvalue weighted by atomic mass is 35.5. The summed E-state index contributed by atoms with van der Waals surface area (Å²) >= 11 is 8.76. The van der Waals surface area contributed by atoms with Crippen molar-refractivity contribution in [1.82, 2.24) is 10.2 Å². The molecule has 1 unspecified atom stereocenters. The number of hydrogen-bond donors (Lipinski definition) is 1. The second-order valence-corrected chi connectivity index (χ2v) is 11.0. The molecule has 1 saturated heterocycles. The normalized spacial score (nSPS) is 16.9. The third-order valence-electron chi connectivity index (χ3n) is 6.07. The topological polar surface area (TPSA) is 83.4 Å². The number of benzene rings is 3.